The first kappa shape index (κ1) is 7.94. The molecule has 0 bridgehead atoms. The molecule has 0 spiro atoms. The second-order valence-electron chi connectivity index (χ2n) is 2.26. The number of thiazole rings is 1. The van der Waals surface area contributed by atoms with Gasteiger partial charge in [0.05, 0.1) is 4.70 Å². The fourth-order valence-electron chi connectivity index (χ4n) is 0.961. The van der Waals surface area contributed by atoms with Gasteiger partial charge in [0.25, 0.3) is 0 Å². The van der Waals surface area contributed by atoms with E-state index in [1.165, 1.54) is 17.4 Å². The maximum absolute atomic E-state index is 13.0. The van der Waals surface area contributed by atoms with Crippen molar-refractivity contribution >= 4 is 42.6 Å². The average molecular weight is 247 g/mol. The molecule has 2 nitrogen and oxygen atoms in total. The molecule has 62 valence electrons. The summed E-state index contributed by atoms with van der Waals surface area (Å²) in [5.74, 6) is -0.332. The molecule has 0 aliphatic carbocycles. The number of nitrogens with two attached hydrogens (primary N) is 1. The summed E-state index contributed by atoms with van der Waals surface area (Å²) in [5.41, 5.74) is 5.79. The summed E-state index contributed by atoms with van der Waals surface area (Å²) in [6, 6.07) is 3.01. The zero-order chi connectivity index (χ0) is 8.72. The molecule has 0 amide bonds. The summed E-state index contributed by atoms with van der Waals surface area (Å²) in [4.78, 5) is 3.86. The maximum Gasteiger partial charge on any atom is 0.181 e. The minimum Gasteiger partial charge on any atom is -0.375 e. The lowest BCUT2D eigenvalue weighted by Crippen LogP contribution is -1.81. The minimum atomic E-state index is -0.332. The van der Waals surface area contributed by atoms with Gasteiger partial charge in [-0.05, 0) is 28.1 Å². The first-order valence-electron chi connectivity index (χ1n) is 3.18. The zero-order valence-electron chi connectivity index (χ0n) is 5.84. The van der Waals surface area contributed by atoms with Crippen LogP contribution in [0.25, 0.3) is 10.2 Å². The van der Waals surface area contributed by atoms with E-state index in [9.17, 15) is 4.39 Å². The lowest BCUT2D eigenvalue weighted by Gasteiger charge is -1.91. The topological polar surface area (TPSA) is 38.9 Å². The highest BCUT2D eigenvalue weighted by Gasteiger charge is 2.08. The zero-order valence-corrected chi connectivity index (χ0v) is 8.25. The lowest BCUT2D eigenvalue weighted by molar-refractivity contribution is 0.637. The Bertz CT molecular complexity index is 401. The van der Waals surface area contributed by atoms with Crippen LogP contribution in [-0.2, 0) is 0 Å². The molecule has 0 unspecified atom stereocenters. The van der Waals surface area contributed by atoms with Gasteiger partial charge in [-0.2, -0.15) is 0 Å². The Morgan fingerprint density at radius 2 is 2.25 bits per heavy atom. The van der Waals surface area contributed by atoms with E-state index < -0.39 is 0 Å². The Morgan fingerprint density at radius 3 is 2.92 bits per heavy atom. The van der Waals surface area contributed by atoms with Crippen LogP contribution in [0.3, 0.4) is 0 Å². The lowest BCUT2D eigenvalue weighted by atomic mass is 10.3. The van der Waals surface area contributed by atoms with Crippen molar-refractivity contribution < 1.29 is 4.39 Å². The number of hydrogen-bond donors (Lipinski definition) is 1. The number of halogens is 2. The van der Waals surface area contributed by atoms with E-state index >= 15 is 0 Å². The Labute approximate surface area is 80.3 Å². The highest BCUT2D eigenvalue weighted by Crippen LogP contribution is 2.32. The third-order valence-electron chi connectivity index (χ3n) is 1.46. The Balaban J connectivity index is 2.93. The fraction of sp³-hybridized carbons (Fsp3) is 0. The van der Waals surface area contributed by atoms with Gasteiger partial charge in [0.1, 0.15) is 11.3 Å². The van der Waals surface area contributed by atoms with Crippen LogP contribution < -0.4 is 5.73 Å². The van der Waals surface area contributed by atoms with Crippen molar-refractivity contribution in [1.82, 2.24) is 4.98 Å². The Morgan fingerprint density at radius 1 is 1.50 bits per heavy atom. The summed E-state index contributed by atoms with van der Waals surface area (Å²) in [6.45, 7) is 0. The summed E-state index contributed by atoms with van der Waals surface area (Å²) >= 11 is 4.57. The van der Waals surface area contributed by atoms with Gasteiger partial charge in [-0.15, -0.1) is 0 Å². The van der Waals surface area contributed by atoms with Crippen LogP contribution in [0.4, 0.5) is 9.52 Å². The second kappa shape index (κ2) is 2.67. The van der Waals surface area contributed by atoms with Gasteiger partial charge >= 0.3 is 0 Å². The Hall–Kier alpha value is -0.680. The molecule has 0 fully saturated rings. The van der Waals surface area contributed by atoms with Crippen molar-refractivity contribution in [1.29, 1.82) is 0 Å². The molecule has 2 aromatic rings. The number of rotatable bonds is 0. The molecule has 0 atom stereocenters. The van der Waals surface area contributed by atoms with Crippen molar-refractivity contribution in [3.05, 3.63) is 22.4 Å². The number of nitrogens with zero attached hydrogens (tertiary/aromatic N) is 1. The maximum atomic E-state index is 13.0. The summed E-state index contributed by atoms with van der Waals surface area (Å²) in [5, 5.41) is 0.385. The molecule has 0 aliphatic rings. The largest absolute Gasteiger partial charge is 0.375 e. The SMILES string of the molecule is Nc1nc2c(F)ccc(Br)c2s1. The molecule has 1 aromatic carbocycles. The van der Waals surface area contributed by atoms with Gasteiger partial charge in [0.2, 0.25) is 0 Å². The van der Waals surface area contributed by atoms with E-state index in [0.29, 0.717) is 10.6 Å². The van der Waals surface area contributed by atoms with Crippen LogP contribution >= 0.6 is 27.3 Å². The van der Waals surface area contributed by atoms with Crippen LogP contribution in [0.5, 0.6) is 0 Å². The van der Waals surface area contributed by atoms with Gasteiger partial charge in [0.15, 0.2) is 5.13 Å². The van der Waals surface area contributed by atoms with Gasteiger partial charge in [-0.25, -0.2) is 9.37 Å². The quantitative estimate of drug-likeness (QED) is 0.777. The first-order valence-corrected chi connectivity index (χ1v) is 4.79. The third-order valence-corrected chi connectivity index (χ3v) is 3.30. The van der Waals surface area contributed by atoms with Gasteiger partial charge < -0.3 is 5.73 Å². The van der Waals surface area contributed by atoms with Crippen LogP contribution in [0.15, 0.2) is 16.6 Å². The molecule has 2 rings (SSSR count). The van der Waals surface area contributed by atoms with E-state index in [2.05, 4.69) is 20.9 Å². The number of hydrogen-bond acceptors (Lipinski definition) is 3. The minimum absolute atomic E-state index is 0.332. The molecule has 0 aliphatic heterocycles. The smallest absolute Gasteiger partial charge is 0.181 e. The van der Waals surface area contributed by atoms with Crippen LogP contribution in [0, 0.1) is 5.82 Å². The van der Waals surface area contributed by atoms with Crippen molar-refractivity contribution in [3.8, 4) is 0 Å². The predicted molar refractivity (Wildman–Crippen MR) is 51.7 cm³/mol. The number of fused-ring (bicyclic) bond motifs is 1. The summed E-state index contributed by atoms with van der Waals surface area (Å²) in [7, 11) is 0. The van der Waals surface area contributed by atoms with Crippen molar-refractivity contribution in [2.45, 2.75) is 0 Å². The summed E-state index contributed by atoms with van der Waals surface area (Å²) < 4.78 is 14.6. The number of benzene rings is 1. The highest BCUT2D eigenvalue weighted by molar-refractivity contribution is 9.10. The number of anilines is 1. The van der Waals surface area contributed by atoms with Gasteiger partial charge in [-0.3, -0.25) is 0 Å². The average Bonchev–Trinajstić information content (AvgIpc) is 2.41. The molecule has 0 radical (unpaired) electrons. The molecular weight excluding hydrogens is 243 g/mol. The van der Waals surface area contributed by atoms with Crippen molar-refractivity contribution in [2.24, 2.45) is 0 Å². The molecule has 0 saturated carbocycles. The van der Waals surface area contributed by atoms with Gasteiger partial charge in [-0.1, -0.05) is 11.3 Å². The fourth-order valence-corrected chi connectivity index (χ4v) is 2.28. The molecule has 12 heavy (non-hydrogen) atoms. The molecule has 1 aromatic heterocycles. The van der Waals surface area contributed by atoms with Crippen LogP contribution in [0.1, 0.15) is 0 Å². The standard InChI is InChI=1S/C7H4BrFN2S/c8-3-1-2-4(9)5-6(3)12-7(10)11-5/h1-2H,(H2,10,11). The highest BCUT2D eigenvalue weighted by atomic mass is 79.9. The van der Waals surface area contributed by atoms with E-state index in [0.717, 1.165) is 9.17 Å². The normalized spacial score (nSPS) is 10.8. The number of aromatic nitrogens is 1. The van der Waals surface area contributed by atoms with Crippen LogP contribution in [-0.4, -0.2) is 4.98 Å². The summed E-state index contributed by atoms with van der Waals surface area (Å²) in [6.07, 6.45) is 0. The molecule has 2 N–H and O–H groups in total. The molecular formula is C7H4BrFN2S. The van der Waals surface area contributed by atoms with Crippen molar-refractivity contribution in [2.75, 3.05) is 5.73 Å². The van der Waals surface area contributed by atoms with Crippen LogP contribution in [0.2, 0.25) is 0 Å². The first-order chi connectivity index (χ1) is 5.68. The monoisotopic (exact) mass is 246 g/mol. The molecule has 5 heteroatoms. The second-order valence-corrected chi connectivity index (χ2v) is 4.14. The van der Waals surface area contributed by atoms with Crippen molar-refractivity contribution in [3.63, 3.8) is 0 Å². The molecule has 0 saturated heterocycles. The number of nitrogen functional groups attached to an aromatic ring is 1. The van der Waals surface area contributed by atoms with Gasteiger partial charge in [0, 0.05) is 4.47 Å². The predicted octanol–water partition coefficient (Wildman–Crippen LogP) is 2.78. The Kier molecular flexibility index (Phi) is 1.77. The molecule has 1 heterocycles. The van der Waals surface area contributed by atoms with E-state index in [1.807, 2.05) is 0 Å². The van der Waals surface area contributed by atoms with E-state index in [-0.39, 0.29) is 5.82 Å². The van der Waals surface area contributed by atoms with E-state index in [1.54, 1.807) is 6.07 Å². The van der Waals surface area contributed by atoms with E-state index in [4.69, 9.17) is 5.73 Å². The third kappa shape index (κ3) is 1.09.